The van der Waals surface area contributed by atoms with Gasteiger partial charge in [0.2, 0.25) is 5.91 Å². The predicted octanol–water partition coefficient (Wildman–Crippen LogP) is 3.86. The molecule has 1 aliphatic rings. The summed E-state index contributed by atoms with van der Waals surface area (Å²) in [5.74, 6) is 0.909. The highest BCUT2D eigenvalue weighted by atomic mass is 16.5. The average Bonchev–Trinajstić information content (AvgIpc) is 2.87. The zero-order valence-electron chi connectivity index (χ0n) is 20.6. The summed E-state index contributed by atoms with van der Waals surface area (Å²) >= 11 is 0. The molecule has 4 rings (SSSR count). The van der Waals surface area contributed by atoms with Crippen molar-refractivity contribution < 1.29 is 14.3 Å². The summed E-state index contributed by atoms with van der Waals surface area (Å²) in [6, 6.07) is 14.9. The van der Waals surface area contributed by atoms with Crippen LogP contribution in [0.2, 0.25) is 0 Å². The molecule has 184 valence electrons. The number of rotatable bonds is 5. The minimum atomic E-state index is 0.0475. The van der Waals surface area contributed by atoms with Crippen molar-refractivity contribution in [2.24, 2.45) is 0 Å². The van der Waals surface area contributed by atoms with Crippen molar-refractivity contribution in [3.63, 3.8) is 0 Å². The van der Waals surface area contributed by atoms with Crippen molar-refractivity contribution in [2.45, 2.75) is 39.3 Å². The van der Waals surface area contributed by atoms with Crippen LogP contribution in [0, 0.1) is 0 Å². The third-order valence-corrected chi connectivity index (χ3v) is 6.17. The summed E-state index contributed by atoms with van der Waals surface area (Å²) in [6.45, 7) is 7.32. The zero-order chi connectivity index (χ0) is 24.5. The van der Waals surface area contributed by atoms with E-state index in [2.05, 4.69) is 57.4 Å². The maximum Gasteiger partial charge on any atom is 0.234 e. The Bertz CT molecular complexity index is 1110. The number of fused-ring (bicyclic) bond motifs is 3. The second-order valence-electron chi connectivity index (χ2n) is 8.99. The molecule has 1 amide bonds. The Labute approximate surface area is 207 Å². The molecule has 2 heterocycles. The quantitative estimate of drug-likeness (QED) is 0.605. The summed E-state index contributed by atoms with van der Waals surface area (Å²) in [6.07, 6.45) is 6.82. The van der Waals surface area contributed by atoms with Gasteiger partial charge in [-0.15, -0.1) is 0 Å². The van der Waals surface area contributed by atoms with E-state index in [0.29, 0.717) is 39.5 Å². The Kier molecular flexibility index (Phi) is 8.81. The van der Waals surface area contributed by atoms with Crippen molar-refractivity contribution in [1.29, 1.82) is 0 Å². The third-order valence-electron chi connectivity index (χ3n) is 6.17. The normalized spacial score (nSPS) is 15.8. The fourth-order valence-corrected chi connectivity index (χ4v) is 4.15. The maximum atomic E-state index is 12.5. The molecule has 0 fully saturated rings. The number of carbonyl (C=O) groups excluding carboxylic acids is 1. The van der Waals surface area contributed by atoms with Gasteiger partial charge in [0.1, 0.15) is 18.7 Å². The highest BCUT2D eigenvalue weighted by Gasteiger charge is 2.15. The summed E-state index contributed by atoms with van der Waals surface area (Å²) < 4.78 is 11.9. The smallest absolute Gasteiger partial charge is 0.234 e. The number of nitrogens with one attached hydrogen (secondary N) is 1. The van der Waals surface area contributed by atoms with Gasteiger partial charge in [-0.3, -0.25) is 9.69 Å². The summed E-state index contributed by atoms with van der Waals surface area (Å²) in [5, 5.41) is 3.07. The van der Waals surface area contributed by atoms with Gasteiger partial charge in [0.15, 0.2) is 0 Å². The lowest BCUT2D eigenvalue weighted by Gasteiger charge is -2.24. The molecule has 0 saturated heterocycles. The number of benzene rings is 2. The Morgan fingerprint density at radius 3 is 2.71 bits per heavy atom. The van der Waals surface area contributed by atoms with Gasteiger partial charge in [0.25, 0.3) is 0 Å². The van der Waals surface area contributed by atoms with E-state index in [1.165, 1.54) is 17.5 Å². The first-order valence-corrected chi connectivity index (χ1v) is 12.3. The molecule has 7 heteroatoms. The zero-order valence-corrected chi connectivity index (χ0v) is 20.6. The van der Waals surface area contributed by atoms with Crippen LogP contribution in [0.15, 0.2) is 61.2 Å². The predicted molar refractivity (Wildman–Crippen MR) is 136 cm³/mol. The maximum absolute atomic E-state index is 12.5. The van der Waals surface area contributed by atoms with E-state index in [4.69, 9.17) is 9.47 Å². The number of hydrogen-bond donors (Lipinski definition) is 1. The minimum Gasteiger partial charge on any atom is -0.491 e. The molecule has 0 spiro atoms. The molecule has 35 heavy (non-hydrogen) atoms. The van der Waals surface area contributed by atoms with Gasteiger partial charge < -0.3 is 14.8 Å². The van der Waals surface area contributed by atoms with Gasteiger partial charge in [-0.2, -0.15) is 0 Å². The Balaban J connectivity index is 1.57. The number of amides is 1. The number of aromatic nitrogens is 2. The van der Waals surface area contributed by atoms with Crippen molar-refractivity contribution in [3.05, 3.63) is 77.9 Å². The Hall–Kier alpha value is -3.29. The summed E-state index contributed by atoms with van der Waals surface area (Å²) in [7, 11) is 0. The monoisotopic (exact) mass is 474 g/mol. The number of ether oxygens (including phenoxy) is 2. The van der Waals surface area contributed by atoms with Crippen LogP contribution >= 0.6 is 0 Å². The van der Waals surface area contributed by atoms with Gasteiger partial charge in [-0.1, -0.05) is 37.3 Å². The third kappa shape index (κ3) is 7.34. The topological polar surface area (TPSA) is 76.6 Å². The Morgan fingerprint density at radius 1 is 1.06 bits per heavy atom. The molecular formula is C28H34N4O3. The second-order valence-corrected chi connectivity index (χ2v) is 8.99. The molecule has 1 aromatic heterocycles. The van der Waals surface area contributed by atoms with Gasteiger partial charge in [-0.25, -0.2) is 9.97 Å². The second kappa shape index (κ2) is 12.4. The van der Waals surface area contributed by atoms with Crippen molar-refractivity contribution >= 4 is 5.91 Å². The van der Waals surface area contributed by atoms with Crippen molar-refractivity contribution in [2.75, 3.05) is 32.9 Å². The standard InChI is InChI=1S/C28H34N4O3/c1-3-21(2)31-28(33)19-32-9-10-34-11-12-35-27-8-7-24(26-16-29-20-30-17-26)15-25(27)14-22-5-4-6-23(13-22)18-32/h4-8,13,15-17,20-21H,3,9-12,14,18-19H2,1-2H3,(H,31,33). The molecule has 0 aliphatic carbocycles. The molecule has 0 radical (unpaired) electrons. The van der Waals surface area contributed by atoms with Crippen LogP contribution in [-0.4, -0.2) is 59.7 Å². The largest absolute Gasteiger partial charge is 0.491 e. The molecule has 1 unspecified atom stereocenters. The molecule has 3 aromatic rings. The first-order valence-electron chi connectivity index (χ1n) is 12.3. The fourth-order valence-electron chi connectivity index (χ4n) is 4.15. The van der Waals surface area contributed by atoms with E-state index < -0.39 is 0 Å². The van der Waals surface area contributed by atoms with E-state index in [9.17, 15) is 4.79 Å². The molecule has 7 nitrogen and oxygen atoms in total. The van der Waals surface area contributed by atoms with Crippen LogP contribution in [0.5, 0.6) is 5.75 Å². The van der Waals surface area contributed by atoms with Crippen molar-refractivity contribution in [3.8, 4) is 16.9 Å². The fraction of sp³-hybridized carbons (Fsp3) is 0.393. The highest BCUT2D eigenvalue weighted by Crippen LogP contribution is 2.28. The Morgan fingerprint density at radius 2 is 1.89 bits per heavy atom. The van der Waals surface area contributed by atoms with Crippen molar-refractivity contribution in [1.82, 2.24) is 20.2 Å². The first-order chi connectivity index (χ1) is 17.1. The number of hydrogen-bond acceptors (Lipinski definition) is 6. The molecule has 2 bridgehead atoms. The summed E-state index contributed by atoms with van der Waals surface area (Å²) in [4.78, 5) is 23.0. The molecular weight excluding hydrogens is 440 g/mol. The van der Waals surface area contributed by atoms with Crippen LogP contribution in [0.3, 0.4) is 0 Å². The van der Waals surface area contributed by atoms with Gasteiger partial charge in [0, 0.05) is 43.5 Å². The highest BCUT2D eigenvalue weighted by molar-refractivity contribution is 5.78. The molecule has 0 saturated carbocycles. The van der Waals surface area contributed by atoms with Gasteiger partial charge >= 0.3 is 0 Å². The van der Waals surface area contributed by atoms with E-state index >= 15 is 0 Å². The van der Waals surface area contributed by atoms with Crippen LogP contribution in [-0.2, 0) is 22.5 Å². The lowest BCUT2D eigenvalue weighted by molar-refractivity contribution is -0.123. The van der Waals surface area contributed by atoms with Crippen LogP contribution in [0.1, 0.15) is 37.0 Å². The molecule has 1 aliphatic heterocycles. The molecule has 1 atom stereocenters. The van der Waals surface area contributed by atoms with Crippen LogP contribution in [0.25, 0.3) is 11.1 Å². The SMILES string of the molecule is CCC(C)NC(=O)CN1CCOCCOc2ccc(-c3cncnc3)cc2Cc2cccc(c2)C1. The van der Waals surface area contributed by atoms with E-state index in [1.807, 2.05) is 31.5 Å². The lowest BCUT2D eigenvalue weighted by Crippen LogP contribution is -2.41. The van der Waals surface area contributed by atoms with Crippen LogP contribution < -0.4 is 10.1 Å². The summed E-state index contributed by atoms with van der Waals surface area (Å²) in [5.41, 5.74) is 5.50. The van der Waals surface area contributed by atoms with E-state index in [1.54, 1.807) is 0 Å². The van der Waals surface area contributed by atoms with E-state index in [0.717, 1.165) is 35.3 Å². The van der Waals surface area contributed by atoms with Crippen LogP contribution in [0.4, 0.5) is 0 Å². The van der Waals surface area contributed by atoms with Gasteiger partial charge in [-0.05, 0) is 47.7 Å². The van der Waals surface area contributed by atoms with Gasteiger partial charge in [0.05, 0.1) is 19.8 Å². The van der Waals surface area contributed by atoms with E-state index in [-0.39, 0.29) is 11.9 Å². The first kappa shape index (κ1) is 24.8. The molecule has 2 aromatic carbocycles. The average molecular weight is 475 g/mol. The number of nitrogens with zero attached hydrogens (tertiary/aromatic N) is 3. The number of carbonyl (C=O) groups is 1. The lowest BCUT2D eigenvalue weighted by atomic mass is 9.98. The molecule has 1 N–H and O–H groups in total. The minimum absolute atomic E-state index is 0.0475.